The summed E-state index contributed by atoms with van der Waals surface area (Å²) in [5.74, 6) is -0.0682. The van der Waals surface area contributed by atoms with Crippen LogP contribution in [0.2, 0.25) is 10.0 Å². The zero-order valence-electron chi connectivity index (χ0n) is 19.1. The second kappa shape index (κ2) is 10.5. The first kappa shape index (κ1) is 26.9. The van der Waals surface area contributed by atoms with Crippen LogP contribution in [0.1, 0.15) is 43.3 Å². The molecule has 10 heteroatoms. The molecule has 188 valence electrons. The molecular weight excluding hydrogens is 508 g/mol. The van der Waals surface area contributed by atoms with Gasteiger partial charge in [-0.1, -0.05) is 41.4 Å². The fourth-order valence-corrected chi connectivity index (χ4v) is 3.80. The van der Waals surface area contributed by atoms with Crippen molar-refractivity contribution in [3.63, 3.8) is 0 Å². The van der Waals surface area contributed by atoms with E-state index >= 15 is 0 Å². The Kier molecular flexibility index (Phi) is 8.09. The first-order valence-corrected chi connectivity index (χ1v) is 11.3. The van der Waals surface area contributed by atoms with Gasteiger partial charge in [0.15, 0.2) is 5.60 Å². The minimum Gasteiger partial charge on any atom is -0.478 e. The molecule has 0 radical (unpaired) electrons. The molecule has 1 atom stereocenters. The molecule has 1 heterocycles. The minimum absolute atomic E-state index is 0.107. The number of hydrogen-bond acceptors (Lipinski definition) is 4. The van der Waals surface area contributed by atoms with E-state index in [4.69, 9.17) is 37.1 Å². The first-order valence-electron chi connectivity index (χ1n) is 10.5. The van der Waals surface area contributed by atoms with Gasteiger partial charge < -0.3 is 19.0 Å². The highest BCUT2D eigenvalue weighted by atomic mass is 35.5. The van der Waals surface area contributed by atoms with Crippen LogP contribution < -0.4 is 4.74 Å². The van der Waals surface area contributed by atoms with Gasteiger partial charge in [-0.25, -0.2) is 4.79 Å². The normalized spacial score (nSPS) is 13.0. The summed E-state index contributed by atoms with van der Waals surface area (Å²) in [5, 5.41) is 9.60. The number of carboxylic acid groups (broad SMARTS) is 1. The maximum atomic E-state index is 12.8. The van der Waals surface area contributed by atoms with Gasteiger partial charge in [0.25, 0.3) is 0 Å². The van der Waals surface area contributed by atoms with Crippen molar-refractivity contribution in [3.05, 3.63) is 75.5 Å². The van der Waals surface area contributed by atoms with E-state index in [1.807, 2.05) is 0 Å². The fraction of sp³-hybridized carbons (Fsp3) is 0.320. The molecule has 5 nitrogen and oxygen atoms in total. The van der Waals surface area contributed by atoms with Crippen molar-refractivity contribution >= 4 is 29.2 Å². The van der Waals surface area contributed by atoms with Gasteiger partial charge in [-0.3, -0.25) is 0 Å². The number of carboxylic acids is 1. The van der Waals surface area contributed by atoms with Crippen LogP contribution >= 0.6 is 23.2 Å². The van der Waals surface area contributed by atoms with Crippen LogP contribution in [0.5, 0.6) is 5.75 Å². The van der Waals surface area contributed by atoms with Crippen LogP contribution in [0.4, 0.5) is 13.2 Å². The standard InChI is InChI=1S/C25H23Cl2F3O5/c1-24(2,23(31)32)35-20-11-7-15(21(26)22(20)27)6-10-18(33-3)19-13-12-17(34-19)14-4-8-16(9-5-14)25(28,29)30/h4-5,7-9,11-13,18H,6,10H2,1-3H3,(H,31,32). The Balaban J connectivity index is 1.71. The third-order valence-electron chi connectivity index (χ3n) is 5.41. The van der Waals surface area contributed by atoms with Crippen molar-refractivity contribution in [1.29, 1.82) is 0 Å². The van der Waals surface area contributed by atoms with Crippen LogP contribution in [0.25, 0.3) is 11.3 Å². The van der Waals surface area contributed by atoms with Crippen LogP contribution in [-0.4, -0.2) is 23.8 Å². The van der Waals surface area contributed by atoms with Crippen molar-refractivity contribution in [1.82, 2.24) is 0 Å². The highest BCUT2D eigenvalue weighted by molar-refractivity contribution is 6.43. The number of halogens is 5. The third-order valence-corrected chi connectivity index (χ3v) is 6.31. The number of benzene rings is 2. The smallest absolute Gasteiger partial charge is 0.416 e. The first-order chi connectivity index (χ1) is 16.3. The molecule has 0 saturated heterocycles. The SMILES string of the molecule is COC(CCc1ccc(OC(C)(C)C(=O)O)c(Cl)c1Cl)c1ccc(-c2ccc(C(F)(F)F)cc2)o1. The lowest BCUT2D eigenvalue weighted by Gasteiger charge is -2.23. The van der Waals surface area contributed by atoms with Gasteiger partial charge >= 0.3 is 12.1 Å². The van der Waals surface area contributed by atoms with Crippen molar-refractivity contribution in [2.75, 3.05) is 7.11 Å². The molecule has 0 spiro atoms. The number of furan rings is 1. The summed E-state index contributed by atoms with van der Waals surface area (Å²) in [4.78, 5) is 11.3. The monoisotopic (exact) mass is 530 g/mol. The largest absolute Gasteiger partial charge is 0.478 e. The molecule has 0 saturated carbocycles. The summed E-state index contributed by atoms with van der Waals surface area (Å²) in [5.41, 5.74) is -1.01. The van der Waals surface area contributed by atoms with Gasteiger partial charge in [-0.05, 0) is 62.6 Å². The molecule has 35 heavy (non-hydrogen) atoms. The number of rotatable bonds is 9. The van der Waals surface area contributed by atoms with Crippen LogP contribution in [0, 0.1) is 0 Å². The van der Waals surface area contributed by atoms with Gasteiger partial charge in [0.2, 0.25) is 0 Å². The summed E-state index contributed by atoms with van der Waals surface area (Å²) in [6, 6.07) is 11.3. The van der Waals surface area contributed by atoms with E-state index in [0.29, 0.717) is 35.5 Å². The van der Waals surface area contributed by atoms with E-state index in [1.165, 1.54) is 33.1 Å². The van der Waals surface area contributed by atoms with Crippen molar-refractivity contribution in [2.45, 2.75) is 44.6 Å². The maximum absolute atomic E-state index is 12.8. The molecule has 1 N–H and O–H groups in total. The van der Waals surface area contributed by atoms with Crippen LogP contribution in [0.15, 0.2) is 52.9 Å². The zero-order valence-corrected chi connectivity index (χ0v) is 20.6. The van der Waals surface area contributed by atoms with Gasteiger partial charge in [-0.15, -0.1) is 0 Å². The Morgan fingerprint density at radius 1 is 1.03 bits per heavy atom. The van der Waals surface area contributed by atoms with Gasteiger partial charge in [0.1, 0.15) is 28.4 Å². The Hall–Kier alpha value is -2.68. The van der Waals surface area contributed by atoms with E-state index in [-0.39, 0.29) is 15.8 Å². The molecule has 0 fully saturated rings. The van der Waals surface area contributed by atoms with E-state index in [0.717, 1.165) is 12.1 Å². The summed E-state index contributed by atoms with van der Waals surface area (Å²) >= 11 is 12.7. The number of hydrogen-bond donors (Lipinski definition) is 1. The highest BCUT2D eigenvalue weighted by Crippen LogP contribution is 2.38. The number of methoxy groups -OCH3 is 1. The summed E-state index contributed by atoms with van der Waals surface area (Å²) < 4.78 is 55.3. The summed E-state index contributed by atoms with van der Waals surface area (Å²) in [6.45, 7) is 2.80. The fourth-order valence-electron chi connectivity index (χ4n) is 3.33. The predicted molar refractivity (Wildman–Crippen MR) is 126 cm³/mol. The zero-order chi connectivity index (χ0) is 26.0. The number of ether oxygens (including phenoxy) is 2. The average Bonchev–Trinajstić information content (AvgIpc) is 3.28. The Bertz CT molecular complexity index is 1190. The van der Waals surface area contributed by atoms with Crippen molar-refractivity contribution in [2.24, 2.45) is 0 Å². The molecule has 1 aromatic heterocycles. The molecule has 2 aromatic carbocycles. The van der Waals surface area contributed by atoms with Gasteiger partial charge in [0, 0.05) is 12.7 Å². The molecule has 1 unspecified atom stereocenters. The molecular formula is C25H23Cl2F3O5. The second-order valence-corrected chi connectivity index (χ2v) is 9.06. The number of aryl methyl sites for hydroxylation is 1. The molecule has 0 amide bonds. The second-order valence-electron chi connectivity index (χ2n) is 8.31. The molecule has 0 aliphatic heterocycles. The van der Waals surface area contributed by atoms with Crippen molar-refractivity contribution < 1.29 is 37.0 Å². The van der Waals surface area contributed by atoms with Crippen LogP contribution in [0.3, 0.4) is 0 Å². The Labute approximate surface area is 210 Å². The van der Waals surface area contributed by atoms with E-state index in [2.05, 4.69) is 0 Å². The quantitative estimate of drug-likeness (QED) is 0.305. The lowest BCUT2D eigenvalue weighted by atomic mass is 10.0. The molecule has 0 aliphatic rings. The minimum atomic E-state index is -4.41. The molecule has 3 aromatic rings. The molecule has 3 rings (SSSR count). The molecule has 0 bridgehead atoms. The number of carbonyl (C=O) groups is 1. The molecule has 0 aliphatic carbocycles. The Morgan fingerprint density at radius 3 is 2.26 bits per heavy atom. The number of aliphatic carboxylic acids is 1. The summed E-state index contributed by atoms with van der Waals surface area (Å²) in [6.07, 6.45) is -3.94. The van der Waals surface area contributed by atoms with E-state index in [1.54, 1.807) is 24.3 Å². The van der Waals surface area contributed by atoms with Crippen molar-refractivity contribution in [3.8, 4) is 17.1 Å². The average molecular weight is 531 g/mol. The maximum Gasteiger partial charge on any atom is 0.416 e. The van der Waals surface area contributed by atoms with E-state index in [9.17, 15) is 23.1 Å². The predicted octanol–water partition coefficient (Wildman–Crippen LogP) is 7.83. The van der Waals surface area contributed by atoms with Gasteiger partial charge in [-0.2, -0.15) is 13.2 Å². The highest BCUT2D eigenvalue weighted by Gasteiger charge is 2.31. The lowest BCUT2D eigenvalue weighted by Crippen LogP contribution is -2.38. The third kappa shape index (κ3) is 6.31. The Morgan fingerprint density at radius 2 is 1.69 bits per heavy atom. The lowest BCUT2D eigenvalue weighted by molar-refractivity contribution is -0.152. The summed E-state index contributed by atoms with van der Waals surface area (Å²) in [7, 11) is 1.52. The topological polar surface area (TPSA) is 68.9 Å². The van der Waals surface area contributed by atoms with Crippen LogP contribution in [-0.2, 0) is 22.1 Å². The van der Waals surface area contributed by atoms with E-state index < -0.39 is 29.4 Å². The number of alkyl halides is 3. The van der Waals surface area contributed by atoms with Gasteiger partial charge in [0.05, 0.1) is 10.6 Å².